The van der Waals surface area contributed by atoms with Crippen molar-refractivity contribution in [2.24, 2.45) is 29.1 Å². The number of carbonyl (C=O) groups excluding carboxylic acids is 2. The Kier molecular flexibility index (Phi) is 7.70. The molecule has 3 N–H and O–H groups in total. The fourth-order valence-corrected chi connectivity index (χ4v) is 5.88. The lowest BCUT2D eigenvalue weighted by Crippen LogP contribution is -2.58. The molecule has 2 fully saturated rings. The van der Waals surface area contributed by atoms with Crippen LogP contribution >= 0.6 is 0 Å². The van der Waals surface area contributed by atoms with E-state index in [4.69, 9.17) is 4.74 Å². The number of hydrogen-bond donors (Lipinski definition) is 3. The van der Waals surface area contributed by atoms with Crippen molar-refractivity contribution in [3.8, 4) is 0 Å². The summed E-state index contributed by atoms with van der Waals surface area (Å²) in [5.41, 5.74) is 0.624. The number of methoxy groups -OCH3 is 1. The first-order chi connectivity index (χ1) is 14.8. The van der Waals surface area contributed by atoms with Crippen LogP contribution in [0.2, 0.25) is 0 Å². The monoisotopic (exact) mass is 431 g/mol. The highest BCUT2D eigenvalue weighted by Crippen LogP contribution is 2.55. The smallest absolute Gasteiger partial charge is 0.251 e. The minimum absolute atomic E-state index is 0.00187. The van der Waals surface area contributed by atoms with Crippen LogP contribution in [0.3, 0.4) is 0 Å². The fraction of sp³-hybridized carbons (Fsp3) is 0.708. The summed E-state index contributed by atoms with van der Waals surface area (Å²) in [5.74, 6) is -0.331. The van der Waals surface area contributed by atoms with E-state index < -0.39 is 6.10 Å². The van der Waals surface area contributed by atoms with Crippen molar-refractivity contribution in [2.45, 2.75) is 58.6 Å². The van der Waals surface area contributed by atoms with Crippen molar-refractivity contribution in [2.75, 3.05) is 20.3 Å². The lowest BCUT2D eigenvalue weighted by atomic mass is 9.51. The minimum Gasteiger partial charge on any atom is -0.392 e. The number of aliphatic hydroxyl groups excluding tert-OH is 1. The van der Waals surface area contributed by atoms with Gasteiger partial charge in [-0.2, -0.15) is 0 Å². The van der Waals surface area contributed by atoms with E-state index in [1.165, 1.54) is 0 Å². The molecule has 0 bridgehead atoms. The number of rotatable bonds is 7. The van der Waals surface area contributed by atoms with Crippen molar-refractivity contribution in [1.82, 2.24) is 15.6 Å². The molecule has 1 aromatic rings. The predicted octanol–water partition coefficient (Wildman–Crippen LogP) is 2.40. The molecule has 1 heterocycles. The zero-order valence-electron chi connectivity index (χ0n) is 19.1. The molecule has 7 nitrogen and oxygen atoms in total. The summed E-state index contributed by atoms with van der Waals surface area (Å²) in [6.45, 7) is 7.26. The number of aliphatic hydroxyl groups is 1. The highest BCUT2D eigenvalue weighted by atomic mass is 16.5. The van der Waals surface area contributed by atoms with E-state index >= 15 is 0 Å². The summed E-state index contributed by atoms with van der Waals surface area (Å²) >= 11 is 0. The van der Waals surface area contributed by atoms with Crippen LogP contribution in [0.1, 0.15) is 56.8 Å². The normalized spacial score (nSPS) is 33.8. The molecule has 2 amide bonds. The quantitative estimate of drug-likeness (QED) is 0.576. The van der Waals surface area contributed by atoms with Gasteiger partial charge in [0.05, 0.1) is 12.7 Å². The van der Waals surface area contributed by atoms with Gasteiger partial charge in [-0.3, -0.25) is 14.6 Å². The molecule has 0 aromatic carbocycles. The number of pyridine rings is 1. The molecule has 2 aliphatic rings. The first-order valence-corrected chi connectivity index (χ1v) is 11.4. The van der Waals surface area contributed by atoms with E-state index in [0.717, 1.165) is 25.7 Å². The fourth-order valence-electron chi connectivity index (χ4n) is 5.88. The van der Waals surface area contributed by atoms with Crippen LogP contribution in [0.15, 0.2) is 24.5 Å². The van der Waals surface area contributed by atoms with Crippen LogP contribution in [0.25, 0.3) is 0 Å². The van der Waals surface area contributed by atoms with Gasteiger partial charge in [-0.1, -0.05) is 20.8 Å². The van der Waals surface area contributed by atoms with Crippen LogP contribution < -0.4 is 10.6 Å². The van der Waals surface area contributed by atoms with E-state index in [-0.39, 0.29) is 46.9 Å². The van der Waals surface area contributed by atoms with Crippen LogP contribution in [0.5, 0.6) is 0 Å². The van der Waals surface area contributed by atoms with Gasteiger partial charge in [0.2, 0.25) is 5.91 Å². The Hall–Kier alpha value is -1.99. The Morgan fingerprint density at radius 1 is 1.29 bits per heavy atom. The SMILES string of the molecule is COCCNC(=O)[C@@H](C)C1CC[C@@]2(C)CC[C@H](NC(=O)c3ccncc3)[C@@H](C)[C@@H]2[C@H]1O. The van der Waals surface area contributed by atoms with Gasteiger partial charge in [0.1, 0.15) is 0 Å². The highest BCUT2D eigenvalue weighted by molar-refractivity contribution is 5.94. The van der Waals surface area contributed by atoms with Gasteiger partial charge in [-0.25, -0.2) is 0 Å². The van der Waals surface area contributed by atoms with Gasteiger partial charge in [0, 0.05) is 43.6 Å². The van der Waals surface area contributed by atoms with Gasteiger partial charge in [-0.15, -0.1) is 0 Å². The van der Waals surface area contributed by atoms with E-state index in [9.17, 15) is 14.7 Å². The Labute approximate surface area is 185 Å². The number of nitrogens with one attached hydrogen (secondary N) is 2. The summed E-state index contributed by atoms with van der Waals surface area (Å²) in [6, 6.07) is 3.42. The molecule has 1 aromatic heterocycles. The van der Waals surface area contributed by atoms with Gasteiger partial charge in [0.15, 0.2) is 0 Å². The predicted molar refractivity (Wildman–Crippen MR) is 118 cm³/mol. The molecule has 2 aliphatic carbocycles. The van der Waals surface area contributed by atoms with Crippen molar-refractivity contribution in [1.29, 1.82) is 0 Å². The summed E-state index contributed by atoms with van der Waals surface area (Å²) in [4.78, 5) is 29.3. The maximum atomic E-state index is 12.7. The first-order valence-electron chi connectivity index (χ1n) is 11.4. The zero-order valence-corrected chi connectivity index (χ0v) is 19.1. The van der Waals surface area contributed by atoms with Crippen LogP contribution in [0, 0.1) is 29.1 Å². The molecule has 172 valence electrons. The molecule has 1 unspecified atom stereocenters. The molecule has 0 spiro atoms. The zero-order chi connectivity index (χ0) is 22.6. The number of carbonyl (C=O) groups is 2. The molecule has 0 saturated heterocycles. The second kappa shape index (κ2) is 10.1. The minimum atomic E-state index is -0.572. The van der Waals surface area contributed by atoms with E-state index in [2.05, 4.69) is 29.5 Å². The maximum Gasteiger partial charge on any atom is 0.251 e. The Morgan fingerprint density at radius 3 is 2.65 bits per heavy atom. The molecule has 7 atom stereocenters. The van der Waals surface area contributed by atoms with Gasteiger partial charge >= 0.3 is 0 Å². The number of hydrogen-bond acceptors (Lipinski definition) is 5. The third-order valence-corrected chi connectivity index (χ3v) is 7.81. The van der Waals surface area contributed by atoms with Gasteiger partial charge in [0.25, 0.3) is 5.91 Å². The summed E-state index contributed by atoms with van der Waals surface area (Å²) in [7, 11) is 1.61. The summed E-state index contributed by atoms with van der Waals surface area (Å²) in [5, 5.41) is 17.5. The maximum absolute atomic E-state index is 12.7. The van der Waals surface area contributed by atoms with Crippen molar-refractivity contribution >= 4 is 11.8 Å². The standard InChI is InChI=1S/C24H37N3O4/c1-15(22(29)26-13-14-31-4)18-5-9-24(3)10-6-19(16(2)20(24)21(18)28)27-23(30)17-7-11-25-12-8-17/h7-8,11-12,15-16,18-21,28H,5-6,9-10,13-14H2,1-4H3,(H,26,29)(H,27,30)/t15-,16+,18?,19-,20+,21-,24-/m0/s1. The van der Waals surface area contributed by atoms with Crippen molar-refractivity contribution in [3.63, 3.8) is 0 Å². The molecule has 0 aliphatic heterocycles. The lowest BCUT2D eigenvalue weighted by Gasteiger charge is -2.56. The number of fused-ring (bicyclic) bond motifs is 1. The highest BCUT2D eigenvalue weighted by Gasteiger charge is 2.53. The Morgan fingerprint density at radius 2 is 1.97 bits per heavy atom. The molecule has 3 rings (SSSR count). The second-order valence-corrected chi connectivity index (χ2v) is 9.66. The third-order valence-electron chi connectivity index (χ3n) is 7.81. The van der Waals surface area contributed by atoms with E-state index in [0.29, 0.717) is 18.7 Å². The third kappa shape index (κ3) is 5.09. The number of aromatic nitrogens is 1. The Bertz CT molecular complexity index is 758. The van der Waals surface area contributed by atoms with Gasteiger partial charge in [-0.05, 0) is 61.0 Å². The first kappa shape index (κ1) is 23.7. The average molecular weight is 432 g/mol. The van der Waals surface area contributed by atoms with E-state index in [1.807, 2.05) is 6.92 Å². The van der Waals surface area contributed by atoms with Crippen LogP contribution in [-0.4, -0.2) is 54.3 Å². The van der Waals surface area contributed by atoms with Crippen LogP contribution in [0.4, 0.5) is 0 Å². The number of nitrogens with zero attached hydrogens (tertiary/aromatic N) is 1. The molecule has 0 radical (unpaired) electrons. The molecule has 31 heavy (non-hydrogen) atoms. The lowest BCUT2D eigenvalue weighted by molar-refractivity contribution is -0.142. The summed E-state index contributed by atoms with van der Waals surface area (Å²) in [6.07, 6.45) is 6.35. The average Bonchev–Trinajstić information content (AvgIpc) is 2.76. The number of ether oxygens (including phenoxy) is 1. The van der Waals surface area contributed by atoms with Crippen molar-refractivity contribution in [3.05, 3.63) is 30.1 Å². The topological polar surface area (TPSA) is 101 Å². The number of amides is 2. The summed E-state index contributed by atoms with van der Waals surface area (Å²) < 4.78 is 5.01. The second-order valence-electron chi connectivity index (χ2n) is 9.66. The Balaban J connectivity index is 1.70. The molecular weight excluding hydrogens is 394 g/mol. The molecule has 2 saturated carbocycles. The van der Waals surface area contributed by atoms with Crippen LogP contribution in [-0.2, 0) is 9.53 Å². The molecular formula is C24H37N3O4. The largest absolute Gasteiger partial charge is 0.392 e. The van der Waals surface area contributed by atoms with Gasteiger partial charge < -0.3 is 20.5 Å². The van der Waals surface area contributed by atoms with Crippen molar-refractivity contribution < 1.29 is 19.4 Å². The molecule has 7 heteroatoms. The van der Waals surface area contributed by atoms with E-state index in [1.54, 1.807) is 31.6 Å².